The maximum atomic E-state index is 5.47. The van der Waals surface area contributed by atoms with Gasteiger partial charge in [0.2, 0.25) is 0 Å². The number of aromatic nitrogens is 1. The van der Waals surface area contributed by atoms with Gasteiger partial charge in [-0.2, -0.15) is 0 Å². The van der Waals surface area contributed by atoms with Crippen molar-refractivity contribution in [1.82, 2.24) is 10.3 Å². The van der Waals surface area contributed by atoms with Gasteiger partial charge in [0.05, 0.1) is 24.9 Å². The molecule has 1 aliphatic rings. The second kappa shape index (κ2) is 5.48. The van der Waals surface area contributed by atoms with Crippen LogP contribution in [0.3, 0.4) is 0 Å². The Kier molecular flexibility index (Phi) is 3.75. The Balaban J connectivity index is 1.84. The van der Waals surface area contributed by atoms with Gasteiger partial charge in [0, 0.05) is 22.0 Å². The molecule has 94 valence electrons. The normalized spacial score (nSPS) is 19.9. The minimum atomic E-state index is 0.240. The van der Waals surface area contributed by atoms with Gasteiger partial charge in [-0.05, 0) is 12.1 Å². The second-order valence-corrected chi connectivity index (χ2v) is 5.97. The molecule has 3 rings (SSSR count). The predicted molar refractivity (Wildman–Crippen MR) is 76.8 cm³/mol. The Morgan fingerprint density at radius 1 is 1.44 bits per heavy atom. The lowest BCUT2D eigenvalue weighted by atomic mass is 10.2. The molecule has 2 heterocycles. The van der Waals surface area contributed by atoms with Gasteiger partial charge in [-0.3, -0.25) is 0 Å². The molecular weight excluding hydrogens is 312 g/mol. The van der Waals surface area contributed by atoms with Crippen LogP contribution in [-0.2, 0) is 4.74 Å². The lowest BCUT2D eigenvalue weighted by Crippen LogP contribution is -2.34. The molecule has 0 radical (unpaired) electrons. The van der Waals surface area contributed by atoms with Crippen molar-refractivity contribution in [2.75, 3.05) is 19.8 Å². The molecule has 1 aromatic carbocycles. The molecule has 1 fully saturated rings. The molecule has 2 aromatic rings. The van der Waals surface area contributed by atoms with E-state index >= 15 is 0 Å². The third-order valence-electron chi connectivity index (χ3n) is 2.86. The maximum Gasteiger partial charge on any atom is 0.113 e. The van der Waals surface area contributed by atoms with Crippen LogP contribution in [0.5, 0.6) is 0 Å². The van der Waals surface area contributed by atoms with Crippen LogP contribution in [0.1, 0.15) is 11.0 Å². The van der Waals surface area contributed by atoms with E-state index in [1.54, 1.807) is 11.3 Å². The zero-order valence-electron chi connectivity index (χ0n) is 9.73. The number of rotatable bonds is 2. The third kappa shape index (κ3) is 2.64. The summed E-state index contributed by atoms with van der Waals surface area (Å²) in [5.74, 6) is 0. The van der Waals surface area contributed by atoms with E-state index < -0.39 is 0 Å². The standard InChI is InChI=1S/C13H13BrN2OS/c14-10-3-1-2-9(6-10)12-8-18-13(16-12)11-7-17-5-4-15-11/h1-3,6,8,11,15H,4-5,7H2. The van der Waals surface area contributed by atoms with E-state index in [4.69, 9.17) is 9.72 Å². The van der Waals surface area contributed by atoms with Gasteiger partial charge in [-0.15, -0.1) is 11.3 Å². The minimum Gasteiger partial charge on any atom is -0.378 e. The molecule has 0 amide bonds. The van der Waals surface area contributed by atoms with Crippen LogP contribution in [0, 0.1) is 0 Å². The van der Waals surface area contributed by atoms with E-state index in [2.05, 4.69) is 38.8 Å². The van der Waals surface area contributed by atoms with Crippen LogP contribution >= 0.6 is 27.3 Å². The molecular formula is C13H13BrN2OS. The predicted octanol–water partition coefficient (Wildman–Crippen LogP) is 3.23. The number of hydrogen-bond acceptors (Lipinski definition) is 4. The molecule has 1 aromatic heterocycles. The lowest BCUT2D eigenvalue weighted by Gasteiger charge is -2.21. The molecule has 1 N–H and O–H groups in total. The van der Waals surface area contributed by atoms with Crippen molar-refractivity contribution < 1.29 is 4.74 Å². The van der Waals surface area contributed by atoms with Gasteiger partial charge >= 0.3 is 0 Å². The van der Waals surface area contributed by atoms with Crippen LogP contribution in [0.2, 0.25) is 0 Å². The van der Waals surface area contributed by atoms with Crippen molar-refractivity contribution in [1.29, 1.82) is 0 Å². The fraction of sp³-hybridized carbons (Fsp3) is 0.308. The van der Waals surface area contributed by atoms with E-state index in [1.807, 2.05) is 12.1 Å². The Bertz CT molecular complexity index is 537. The number of ether oxygens (including phenoxy) is 1. The molecule has 1 atom stereocenters. The summed E-state index contributed by atoms with van der Waals surface area (Å²) in [4.78, 5) is 4.70. The summed E-state index contributed by atoms with van der Waals surface area (Å²) >= 11 is 5.17. The van der Waals surface area contributed by atoms with Crippen molar-refractivity contribution in [2.24, 2.45) is 0 Å². The smallest absolute Gasteiger partial charge is 0.113 e. The lowest BCUT2D eigenvalue weighted by molar-refractivity contribution is 0.0768. The summed E-state index contributed by atoms with van der Waals surface area (Å²) in [5, 5.41) is 6.63. The van der Waals surface area contributed by atoms with Gasteiger partial charge in [0.1, 0.15) is 5.01 Å². The molecule has 1 saturated heterocycles. The number of nitrogens with one attached hydrogen (secondary N) is 1. The van der Waals surface area contributed by atoms with Crippen LogP contribution in [0.4, 0.5) is 0 Å². The van der Waals surface area contributed by atoms with E-state index in [9.17, 15) is 0 Å². The molecule has 3 nitrogen and oxygen atoms in total. The van der Waals surface area contributed by atoms with Crippen LogP contribution in [0.15, 0.2) is 34.1 Å². The highest BCUT2D eigenvalue weighted by atomic mass is 79.9. The molecule has 0 bridgehead atoms. The first kappa shape index (κ1) is 12.3. The van der Waals surface area contributed by atoms with Gasteiger partial charge in [-0.1, -0.05) is 28.1 Å². The zero-order valence-corrected chi connectivity index (χ0v) is 12.1. The largest absolute Gasteiger partial charge is 0.378 e. The quantitative estimate of drug-likeness (QED) is 0.920. The Morgan fingerprint density at radius 3 is 3.17 bits per heavy atom. The highest BCUT2D eigenvalue weighted by Crippen LogP contribution is 2.27. The third-order valence-corrected chi connectivity index (χ3v) is 4.31. The summed E-state index contributed by atoms with van der Waals surface area (Å²) in [6, 6.07) is 8.45. The molecule has 18 heavy (non-hydrogen) atoms. The van der Waals surface area contributed by atoms with Gasteiger partial charge in [0.15, 0.2) is 0 Å². The number of benzene rings is 1. The first-order valence-electron chi connectivity index (χ1n) is 5.85. The summed E-state index contributed by atoms with van der Waals surface area (Å²) in [6.07, 6.45) is 0. The van der Waals surface area contributed by atoms with Crippen LogP contribution in [-0.4, -0.2) is 24.7 Å². The number of morpholine rings is 1. The first-order chi connectivity index (χ1) is 8.83. The Morgan fingerprint density at radius 2 is 2.39 bits per heavy atom. The van der Waals surface area contributed by atoms with Crippen molar-refractivity contribution in [3.63, 3.8) is 0 Å². The van der Waals surface area contributed by atoms with E-state index in [1.165, 1.54) is 0 Å². The molecule has 0 aliphatic carbocycles. The molecule has 1 aliphatic heterocycles. The number of halogens is 1. The first-order valence-corrected chi connectivity index (χ1v) is 7.53. The molecule has 0 spiro atoms. The minimum absolute atomic E-state index is 0.240. The summed E-state index contributed by atoms with van der Waals surface area (Å²) in [7, 11) is 0. The fourth-order valence-corrected chi connectivity index (χ4v) is 3.24. The number of hydrogen-bond donors (Lipinski definition) is 1. The zero-order chi connectivity index (χ0) is 12.4. The number of nitrogens with zero attached hydrogens (tertiary/aromatic N) is 1. The van der Waals surface area contributed by atoms with Gasteiger partial charge in [0.25, 0.3) is 0 Å². The molecule has 5 heteroatoms. The highest BCUT2D eigenvalue weighted by Gasteiger charge is 2.18. The van der Waals surface area contributed by atoms with Crippen molar-refractivity contribution in [2.45, 2.75) is 6.04 Å². The van der Waals surface area contributed by atoms with Crippen molar-refractivity contribution >= 4 is 27.3 Å². The summed E-state index contributed by atoms with van der Waals surface area (Å²) in [5.41, 5.74) is 2.17. The summed E-state index contributed by atoms with van der Waals surface area (Å²) < 4.78 is 6.54. The maximum absolute atomic E-state index is 5.47. The SMILES string of the molecule is Brc1cccc(-c2csc(C3COCCN3)n2)c1. The Hall–Kier alpha value is -0.750. The Labute approximate surface area is 118 Å². The van der Waals surface area contributed by atoms with Gasteiger partial charge < -0.3 is 10.1 Å². The summed E-state index contributed by atoms with van der Waals surface area (Å²) in [6.45, 7) is 2.41. The molecule has 0 saturated carbocycles. The van der Waals surface area contributed by atoms with Crippen molar-refractivity contribution in [3.8, 4) is 11.3 Å². The van der Waals surface area contributed by atoms with E-state index in [0.717, 1.165) is 33.9 Å². The monoisotopic (exact) mass is 324 g/mol. The topological polar surface area (TPSA) is 34.1 Å². The van der Waals surface area contributed by atoms with E-state index in [-0.39, 0.29) is 6.04 Å². The van der Waals surface area contributed by atoms with Gasteiger partial charge in [-0.25, -0.2) is 4.98 Å². The van der Waals surface area contributed by atoms with Crippen LogP contribution < -0.4 is 5.32 Å². The van der Waals surface area contributed by atoms with Crippen molar-refractivity contribution in [3.05, 3.63) is 39.1 Å². The van der Waals surface area contributed by atoms with Crippen LogP contribution in [0.25, 0.3) is 11.3 Å². The highest BCUT2D eigenvalue weighted by molar-refractivity contribution is 9.10. The second-order valence-electron chi connectivity index (χ2n) is 4.16. The molecule has 1 unspecified atom stereocenters. The average molecular weight is 325 g/mol. The number of thiazole rings is 1. The van der Waals surface area contributed by atoms with E-state index in [0.29, 0.717) is 6.61 Å². The fourth-order valence-electron chi connectivity index (χ4n) is 1.95. The average Bonchev–Trinajstić information content (AvgIpc) is 2.89.